The Kier molecular flexibility index (Phi) is 5.76. The minimum atomic E-state index is -3.78. The lowest BCUT2D eigenvalue weighted by Gasteiger charge is -2.17. The molecule has 0 unspecified atom stereocenters. The molecular formula is C15H17F2N3O3S2. The first kappa shape index (κ1) is 19.3. The zero-order chi connectivity index (χ0) is 18.8. The van der Waals surface area contributed by atoms with E-state index < -0.39 is 34.1 Å². The summed E-state index contributed by atoms with van der Waals surface area (Å²) in [6.45, 7) is -0.487. The van der Waals surface area contributed by atoms with Crippen LogP contribution in [-0.2, 0) is 14.8 Å². The zero-order valence-electron chi connectivity index (χ0n) is 13.8. The number of thiophene rings is 1. The zero-order valence-corrected chi connectivity index (χ0v) is 15.4. The number of rotatable bonds is 6. The van der Waals surface area contributed by atoms with Crippen LogP contribution in [-0.4, -0.2) is 46.3 Å². The van der Waals surface area contributed by atoms with Gasteiger partial charge in [0, 0.05) is 26.8 Å². The molecule has 0 fully saturated rings. The molecule has 0 saturated carbocycles. The lowest BCUT2D eigenvalue weighted by Crippen LogP contribution is -2.34. The van der Waals surface area contributed by atoms with Crippen molar-refractivity contribution in [1.29, 1.82) is 0 Å². The molecule has 2 aromatic rings. The van der Waals surface area contributed by atoms with E-state index in [1.54, 1.807) is 11.4 Å². The van der Waals surface area contributed by atoms with E-state index in [-0.39, 0.29) is 15.6 Å². The van der Waals surface area contributed by atoms with Gasteiger partial charge in [-0.25, -0.2) is 17.2 Å². The van der Waals surface area contributed by atoms with Gasteiger partial charge >= 0.3 is 0 Å². The molecule has 6 nitrogen and oxygen atoms in total. The predicted octanol–water partition coefficient (Wildman–Crippen LogP) is 2.35. The van der Waals surface area contributed by atoms with Crippen LogP contribution in [0.4, 0.5) is 20.2 Å². The minimum absolute atomic E-state index is 0.0903. The number of likely N-dealkylation sites (N-methyl/N-ethyl adjacent to an activating group) is 1. The molecule has 1 heterocycles. The number of hydrogen-bond acceptors (Lipinski definition) is 5. The molecule has 136 valence electrons. The van der Waals surface area contributed by atoms with Gasteiger partial charge in [0.05, 0.1) is 6.54 Å². The molecule has 0 saturated heterocycles. The Bertz CT molecular complexity index is 845. The number of nitrogens with zero attached hydrogens (tertiary/aromatic N) is 2. The van der Waals surface area contributed by atoms with Gasteiger partial charge in [-0.05, 0) is 23.6 Å². The largest absolute Gasteiger partial charge is 0.373 e. The first-order valence-electron chi connectivity index (χ1n) is 7.09. The highest BCUT2D eigenvalue weighted by Gasteiger charge is 2.24. The smallest absolute Gasteiger partial charge is 0.252 e. The molecule has 0 spiro atoms. The minimum Gasteiger partial charge on any atom is -0.373 e. The summed E-state index contributed by atoms with van der Waals surface area (Å²) in [5, 5.41) is 3.91. The maximum Gasteiger partial charge on any atom is 0.252 e. The highest BCUT2D eigenvalue weighted by molar-refractivity contribution is 7.91. The van der Waals surface area contributed by atoms with Crippen LogP contribution in [0.25, 0.3) is 0 Å². The van der Waals surface area contributed by atoms with Crippen molar-refractivity contribution >= 4 is 38.6 Å². The Balaban J connectivity index is 2.10. The van der Waals surface area contributed by atoms with Gasteiger partial charge in [0.25, 0.3) is 10.0 Å². The molecule has 10 heteroatoms. The summed E-state index contributed by atoms with van der Waals surface area (Å²) in [7, 11) is 0.454. The van der Waals surface area contributed by atoms with E-state index in [0.717, 1.165) is 27.8 Å². The van der Waals surface area contributed by atoms with Crippen LogP contribution < -0.4 is 10.2 Å². The topological polar surface area (TPSA) is 69.7 Å². The average Bonchev–Trinajstić information content (AvgIpc) is 3.00. The van der Waals surface area contributed by atoms with Crippen molar-refractivity contribution in [3.05, 3.63) is 41.3 Å². The van der Waals surface area contributed by atoms with E-state index in [1.165, 1.54) is 32.1 Å². The fourth-order valence-corrected chi connectivity index (χ4v) is 4.44. The van der Waals surface area contributed by atoms with Crippen molar-refractivity contribution in [2.75, 3.05) is 37.9 Å². The molecule has 0 atom stereocenters. The summed E-state index contributed by atoms with van der Waals surface area (Å²) < 4.78 is 53.3. The molecule has 0 aliphatic carbocycles. The number of carbonyl (C=O) groups excluding carboxylic acids is 1. The quantitative estimate of drug-likeness (QED) is 0.823. The van der Waals surface area contributed by atoms with Gasteiger partial charge in [-0.2, -0.15) is 4.31 Å². The number of benzene rings is 1. The summed E-state index contributed by atoms with van der Waals surface area (Å²) in [6, 6.07) is 4.97. The molecule has 1 aromatic heterocycles. The molecule has 25 heavy (non-hydrogen) atoms. The van der Waals surface area contributed by atoms with E-state index >= 15 is 0 Å². The second-order valence-electron chi connectivity index (χ2n) is 5.42. The third kappa shape index (κ3) is 4.33. The second kappa shape index (κ2) is 7.46. The summed E-state index contributed by atoms with van der Waals surface area (Å²) in [5.74, 6) is -2.38. The van der Waals surface area contributed by atoms with Gasteiger partial charge in [0.15, 0.2) is 11.6 Å². The number of sulfonamides is 1. The van der Waals surface area contributed by atoms with E-state index in [9.17, 15) is 22.0 Å². The summed E-state index contributed by atoms with van der Waals surface area (Å²) in [4.78, 5) is 13.3. The molecule has 0 aliphatic rings. The molecule has 2 rings (SSSR count). The van der Waals surface area contributed by atoms with Crippen LogP contribution in [0, 0.1) is 11.6 Å². The van der Waals surface area contributed by atoms with Crippen LogP contribution in [0.3, 0.4) is 0 Å². The SMILES string of the molecule is CN(C)c1c(F)cc(NC(=O)CN(C)S(=O)(=O)c2cccs2)cc1F. The van der Waals surface area contributed by atoms with Crippen molar-refractivity contribution in [2.24, 2.45) is 0 Å². The van der Waals surface area contributed by atoms with Crippen molar-refractivity contribution in [2.45, 2.75) is 4.21 Å². The van der Waals surface area contributed by atoms with Crippen LogP contribution in [0.5, 0.6) is 0 Å². The fourth-order valence-electron chi connectivity index (χ4n) is 2.12. The highest BCUT2D eigenvalue weighted by Crippen LogP contribution is 2.25. The normalized spacial score (nSPS) is 11.6. The third-order valence-corrected chi connectivity index (χ3v) is 6.45. The lowest BCUT2D eigenvalue weighted by molar-refractivity contribution is -0.116. The Morgan fingerprint density at radius 3 is 2.28 bits per heavy atom. The fraction of sp³-hybridized carbons (Fsp3) is 0.267. The van der Waals surface area contributed by atoms with Crippen LogP contribution >= 0.6 is 11.3 Å². The van der Waals surface area contributed by atoms with Crippen LogP contribution in [0.2, 0.25) is 0 Å². The number of halogens is 2. The first-order valence-corrected chi connectivity index (χ1v) is 9.41. The summed E-state index contributed by atoms with van der Waals surface area (Å²) in [5.41, 5.74) is -0.317. The first-order chi connectivity index (χ1) is 11.6. The Labute approximate surface area is 148 Å². The predicted molar refractivity (Wildman–Crippen MR) is 93.4 cm³/mol. The molecule has 0 bridgehead atoms. The van der Waals surface area contributed by atoms with E-state index in [4.69, 9.17) is 0 Å². The summed E-state index contributed by atoms with van der Waals surface area (Å²) >= 11 is 1.03. The Morgan fingerprint density at radius 2 is 1.80 bits per heavy atom. The second-order valence-corrected chi connectivity index (χ2v) is 8.64. The van der Waals surface area contributed by atoms with Crippen molar-refractivity contribution < 1.29 is 22.0 Å². The monoisotopic (exact) mass is 389 g/mol. The summed E-state index contributed by atoms with van der Waals surface area (Å²) in [6.07, 6.45) is 0. The molecule has 1 N–H and O–H groups in total. The maximum absolute atomic E-state index is 13.9. The van der Waals surface area contributed by atoms with Gasteiger partial charge in [-0.15, -0.1) is 11.3 Å². The lowest BCUT2D eigenvalue weighted by atomic mass is 10.2. The molecule has 0 radical (unpaired) electrons. The van der Waals surface area contributed by atoms with Gasteiger partial charge in [-0.1, -0.05) is 6.07 Å². The third-order valence-electron chi connectivity index (χ3n) is 3.27. The maximum atomic E-state index is 13.9. The van der Waals surface area contributed by atoms with Crippen LogP contribution in [0.15, 0.2) is 33.9 Å². The number of hydrogen-bond donors (Lipinski definition) is 1. The van der Waals surface area contributed by atoms with Crippen molar-refractivity contribution in [3.63, 3.8) is 0 Å². The highest BCUT2D eigenvalue weighted by atomic mass is 32.2. The van der Waals surface area contributed by atoms with Gasteiger partial charge in [0.2, 0.25) is 5.91 Å². The van der Waals surface area contributed by atoms with Crippen LogP contribution in [0.1, 0.15) is 0 Å². The van der Waals surface area contributed by atoms with E-state index in [0.29, 0.717) is 0 Å². The molecule has 0 aliphatic heterocycles. The number of anilines is 2. The Hall–Kier alpha value is -2.04. The van der Waals surface area contributed by atoms with Gasteiger partial charge in [-0.3, -0.25) is 4.79 Å². The van der Waals surface area contributed by atoms with Crippen molar-refractivity contribution in [1.82, 2.24) is 4.31 Å². The standard InChI is InChI=1S/C15H17F2N3O3S2/c1-19(2)15-11(16)7-10(8-12(15)17)18-13(21)9-20(3)25(22,23)14-5-4-6-24-14/h4-8H,9H2,1-3H3,(H,18,21). The molecular weight excluding hydrogens is 372 g/mol. The molecule has 1 amide bonds. The van der Waals surface area contributed by atoms with E-state index in [1.807, 2.05) is 0 Å². The van der Waals surface area contributed by atoms with E-state index in [2.05, 4.69) is 5.32 Å². The van der Waals surface area contributed by atoms with Gasteiger partial charge < -0.3 is 10.2 Å². The number of nitrogens with one attached hydrogen (secondary N) is 1. The van der Waals surface area contributed by atoms with Gasteiger partial charge in [0.1, 0.15) is 9.90 Å². The number of carbonyl (C=O) groups is 1. The average molecular weight is 389 g/mol. The number of amides is 1. The molecule has 1 aromatic carbocycles. The Morgan fingerprint density at radius 1 is 1.20 bits per heavy atom. The van der Waals surface area contributed by atoms with Crippen molar-refractivity contribution in [3.8, 4) is 0 Å².